The van der Waals surface area contributed by atoms with Gasteiger partial charge >= 0.3 is 0 Å². The summed E-state index contributed by atoms with van der Waals surface area (Å²) >= 11 is 0. The lowest BCUT2D eigenvalue weighted by Crippen LogP contribution is -2.22. The van der Waals surface area contributed by atoms with Crippen LogP contribution in [0.25, 0.3) is 0 Å². The fourth-order valence-corrected chi connectivity index (χ4v) is 2.81. The van der Waals surface area contributed by atoms with Crippen LogP contribution < -0.4 is 10.2 Å². The van der Waals surface area contributed by atoms with Crippen LogP contribution in [0.2, 0.25) is 0 Å². The minimum atomic E-state index is -0.148. The third-order valence-corrected chi connectivity index (χ3v) is 4.23. The van der Waals surface area contributed by atoms with E-state index in [1.807, 2.05) is 55.5 Å². The second-order valence-corrected chi connectivity index (χ2v) is 6.23. The Morgan fingerprint density at radius 1 is 1.04 bits per heavy atom. The Hall–Kier alpha value is -3.14. The Balaban J connectivity index is 1.68. The van der Waals surface area contributed by atoms with Crippen LogP contribution in [0.5, 0.6) is 0 Å². The molecule has 0 spiro atoms. The molecule has 3 aromatic rings. The van der Waals surface area contributed by atoms with Crippen molar-refractivity contribution in [2.75, 3.05) is 16.8 Å². The van der Waals surface area contributed by atoms with Gasteiger partial charge in [0.15, 0.2) is 0 Å². The number of hydrogen-bond acceptors (Lipinski definition) is 3. The first-order chi connectivity index (χ1) is 12.7. The number of benzene rings is 2. The van der Waals surface area contributed by atoms with Crippen LogP contribution in [0, 0.1) is 6.92 Å². The monoisotopic (exact) mass is 345 g/mol. The van der Waals surface area contributed by atoms with Gasteiger partial charge in [0.25, 0.3) is 5.91 Å². The van der Waals surface area contributed by atoms with Crippen molar-refractivity contribution in [3.8, 4) is 0 Å². The molecule has 1 aromatic heterocycles. The molecule has 26 heavy (non-hydrogen) atoms. The van der Waals surface area contributed by atoms with Gasteiger partial charge in [-0.05, 0) is 43.7 Å². The molecule has 4 heteroatoms. The number of pyridine rings is 1. The summed E-state index contributed by atoms with van der Waals surface area (Å²) in [5, 5.41) is 2.85. The number of aryl methyl sites for hydroxylation is 1. The van der Waals surface area contributed by atoms with E-state index in [1.54, 1.807) is 12.3 Å². The maximum Gasteiger partial charge on any atom is 0.256 e. The maximum atomic E-state index is 12.3. The second-order valence-electron chi connectivity index (χ2n) is 6.23. The van der Waals surface area contributed by atoms with Gasteiger partial charge in [-0.15, -0.1) is 0 Å². The lowest BCUT2D eigenvalue weighted by Gasteiger charge is -2.23. The van der Waals surface area contributed by atoms with E-state index in [4.69, 9.17) is 0 Å². The van der Waals surface area contributed by atoms with Crippen molar-refractivity contribution in [2.24, 2.45) is 0 Å². The van der Waals surface area contributed by atoms with Crippen molar-refractivity contribution >= 4 is 17.4 Å². The number of anilines is 2. The topological polar surface area (TPSA) is 45.2 Å². The first-order valence-corrected chi connectivity index (χ1v) is 8.78. The van der Waals surface area contributed by atoms with Gasteiger partial charge in [-0.3, -0.25) is 4.79 Å². The summed E-state index contributed by atoms with van der Waals surface area (Å²) in [7, 11) is 0. The molecule has 0 unspecified atom stereocenters. The maximum absolute atomic E-state index is 12.3. The van der Waals surface area contributed by atoms with Gasteiger partial charge in [-0.2, -0.15) is 0 Å². The zero-order chi connectivity index (χ0) is 18.4. The summed E-state index contributed by atoms with van der Waals surface area (Å²) in [5.74, 6) is 0.404. The van der Waals surface area contributed by atoms with Crippen molar-refractivity contribution in [2.45, 2.75) is 20.4 Å². The van der Waals surface area contributed by atoms with Gasteiger partial charge < -0.3 is 10.2 Å². The number of hydrogen-bond donors (Lipinski definition) is 1. The average molecular weight is 345 g/mol. The average Bonchev–Trinajstić information content (AvgIpc) is 2.67. The highest BCUT2D eigenvalue weighted by Crippen LogP contribution is 2.18. The number of rotatable bonds is 6. The standard InChI is InChI=1S/C22H23N3O/c1-3-25(16-18-9-5-4-6-10-18)20-12-13-21(23-15-20)24-22(26)19-11-7-8-17(2)14-19/h4-15H,3,16H2,1-2H3,(H,23,24,26). The van der Waals surface area contributed by atoms with E-state index >= 15 is 0 Å². The lowest BCUT2D eigenvalue weighted by atomic mass is 10.1. The molecule has 4 nitrogen and oxygen atoms in total. The Labute approximate surface area is 154 Å². The van der Waals surface area contributed by atoms with Crippen LogP contribution >= 0.6 is 0 Å². The normalized spacial score (nSPS) is 10.4. The zero-order valence-corrected chi connectivity index (χ0v) is 15.1. The minimum Gasteiger partial charge on any atom is -0.366 e. The van der Waals surface area contributed by atoms with E-state index in [2.05, 4.69) is 34.3 Å². The van der Waals surface area contributed by atoms with Crippen LogP contribution in [0.1, 0.15) is 28.4 Å². The summed E-state index contributed by atoms with van der Waals surface area (Å²) in [6.45, 7) is 5.80. The molecule has 0 atom stereocenters. The molecule has 0 radical (unpaired) electrons. The summed E-state index contributed by atoms with van der Waals surface area (Å²) in [5.41, 5.74) is 3.98. The fourth-order valence-electron chi connectivity index (χ4n) is 2.81. The van der Waals surface area contributed by atoms with Gasteiger partial charge in [-0.25, -0.2) is 4.98 Å². The molecular formula is C22H23N3O. The highest BCUT2D eigenvalue weighted by atomic mass is 16.1. The molecule has 1 heterocycles. The number of carbonyl (C=O) groups is 1. The summed E-state index contributed by atoms with van der Waals surface area (Å²) in [6, 6.07) is 21.7. The molecule has 0 saturated heterocycles. The van der Waals surface area contributed by atoms with Crippen molar-refractivity contribution in [3.05, 3.63) is 89.6 Å². The Morgan fingerprint density at radius 2 is 1.85 bits per heavy atom. The quantitative estimate of drug-likeness (QED) is 0.706. The molecule has 0 aliphatic carbocycles. The summed E-state index contributed by atoms with van der Waals surface area (Å²) in [4.78, 5) is 19.0. The molecule has 3 rings (SSSR count). The van der Waals surface area contributed by atoms with Crippen LogP contribution in [0.3, 0.4) is 0 Å². The number of amides is 1. The molecule has 1 N–H and O–H groups in total. The fraction of sp³-hybridized carbons (Fsp3) is 0.182. The molecule has 1 amide bonds. The van der Waals surface area contributed by atoms with Crippen LogP contribution in [-0.4, -0.2) is 17.4 Å². The van der Waals surface area contributed by atoms with E-state index in [1.165, 1.54) is 5.56 Å². The first kappa shape index (κ1) is 17.7. The molecule has 132 valence electrons. The molecule has 0 saturated carbocycles. The number of aromatic nitrogens is 1. The predicted octanol–water partition coefficient (Wildman–Crippen LogP) is 4.67. The molecule has 2 aromatic carbocycles. The number of nitrogens with zero attached hydrogens (tertiary/aromatic N) is 2. The molecule has 0 bridgehead atoms. The van der Waals surface area contributed by atoms with Crippen LogP contribution in [-0.2, 0) is 6.54 Å². The zero-order valence-electron chi connectivity index (χ0n) is 15.1. The van der Waals surface area contributed by atoms with Gasteiger partial charge in [0.2, 0.25) is 0 Å². The Morgan fingerprint density at radius 3 is 2.50 bits per heavy atom. The van der Waals surface area contributed by atoms with Gasteiger partial charge in [0.05, 0.1) is 11.9 Å². The third kappa shape index (κ3) is 4.48. The Kier molecular flexibility index (Phi) is 5.64. The molecule has 0 aliphatic heterocycles. The van der Waals surface area contributed by atoms with Gasteiger partial charge in [-0.1, -0.05) is 48.0 Å². The van der Waals surface area contributed by atoms with Crippen LogP contribution in [0.15, 0.2) is 72.9 Å². The number of nitrogens with one attached hydrogen (secondary N) is 1. The SMILES string of the molecule is CCN(Cc1ccccc1)c1ccc(NC(=O)c2cccc(C)c2)nc1. The second kappa shape index (κ2) is 8.30. The molecule has 0 aliphatic rings. The van der Waals surface area contributed by atoms with E-state index in [0.717, 1.165) is 24.3 Å². The first-order valence-electron chi connectivity index (χ1n) is 8.78. The van der Waals surface area contributed by atoms with Crippen molar-refractivity contribution in [3.63, 3.8) is 0 Å². The van der Waals surface area contributed by atoms with E-state index in [9.17, 15) is 4.79 Å². The summed E-state index contributed by atoms with van der Waals surface area (Å²) < 4.78 is 0. The predicted molar refractivity (Wildman–Crippen MR) is 107 cm³/mol. The van der Waals surface area contributed by atoms with Crippen molar-refractivity contribution in [1.82, 2.24) is 4.98 Å². The summed E-state index contributed by atoms with van der Waals surface area (Å²) in [6.07, 6.45) is 1.80. The largest absolute Gasteiger partial charge is 0.366 e. The smallest absolute Gasteiger partial charge is 0.256 e. The van der Waals surface area contributed by atoms with Gasteiger partial charge in [0.1, 0.15) is 5.82 Å². The number of carbonyl (C=O) groups excluding carboxylic acids is 1. The van der Waals surface area contributed by atoms with E-state index in [0.29, 0.717) is 11.4 Å². The van der Waals surface area contributed by atoms with E-state index < -0.39 is 0 Å². The van der Waals surface area contributed by atoms with Crippen molar-refractivity contribution in [1.29, 1.82) is 0 Å². The highest BCUT2D eigenvalue weighted by Gasteiger charge is 2.09. The third-order valence-electron chi connectivity index (χ3n) is 4.23. The molecular weight excluding hydrogens is 322 g/mol. The van der Waals surface area contributed by atoms with Crippen molar-refractivity contribution < 1.29 is 4.79 Å². The minimum absolute atomic E-state index is 0.148. The highest BCUT2D eigenvalue weighted by molar-refractivity contribution is 6.03. The van der Waals surface area contributed by atoms with Crippen LogP contribution in [0.4, 0.5) is 11.5 Å². The Bertz CT molecular complexity index is 860. The lowest BCUT2D eigenvalue weighted by molar-refractivity contribution is 0.102. The molecule has 0 fully saturated rings. The van der Waals surface area contributed by atoms with E-state index in [-0.39, 0.29) is 5.91 Å². The van der Waals surface area contributed by atoms with Gasteiger partial charge in [0, 0.05) is 18.7 Å².